The van der Waals surface area contributed by atoms with Crippen LogP contribution in [0.15, 0.2) is 47.0 Å². The van der Waals surface area contributed by atoms with Gasteiger partial charge < -0.3 is 15.0 Å². The van der Waals surface area contributed by atoms with Crippen LogP contribution < -0.4 is 5.73 Å². The zero-order valence-electron chi connectivity index (χ0n) is 15.2. The van der Waals surface area contributed by atoms with E-state index in [1.165, 1.54) is 0 Å². The lowest BCUT2D eigenvalue weighted by atomic mass is 9.54. The number of ether oxygens (including phenoxy) is 1. The predicted molar refractivity (Wildman–Crippen MR) is 104 cm³/mol. The first-order chi connectivity index (χ1) is 12.0. The Morgan fingerprint density at radius 3 is 2.65 bits per heavy atom. The van der Waals surface area contributed by atoms with E-state index in [9.17, 15) is 0 Å². The van der Waals surface area contributed by atoms with Crippen molar-refractivity contribution in [3.8, 4) is 11.4 Å². The van der Waals surface area contributed by atoms with Gasteiger partial charge in [0.1, 0.15) is 5.54 Å². The van der Waals surface area contributed by atoms with Gasteiger partial charge in [0, 0.05) is 24.0 Å². The van der Waals surface area contributed by atoms with Gasteiger partial charge in [0.2, 0.25) is 11.7 Å². The molecule has 1 heterocycles. The third-order valence-corrected chi connectivity index (χ3v) is 5.67. The summed E-state index contributed by atoms with van der Waals surface area (Å²) in [7, 11) is 0. The minimum Gasteiger partial charge on any atom is -0.378 e. The molecule has 1 aliphatic rings. The fourth-order valence-corrected chi connectivity index (χ4v) is 3.73. The summed E-state index contributed by atoms with van der Waals surface area (Å²) in [5, 5.41) is 6.46. The third-order valence-electron chi connectivity index (χ3n) is 5.67. The SMILES string of the molecule is CCOC1CC(N)(c2nc(-c3cccc4ccccc34)no2)C1(C)C.Cl. The molecule has 26 heavy (non-hydrogen) atoms. The average Bonchev–Trinajstić information content (AvgIpc) is 3.11. The van der Waals surface area contributed by atoms with Gasteiger partial charge in [-0.05, 0) is 17.7 Å². The van der Waals surface area contributed by atoms with E-state index in [-0.39, 0.29) is 23.9 Å². The van der Waals surface area contributed by atoms with Crippen molar-refractivity contribution in [3.05, 3.63) is 48.4 Å². The molecule has 0 saturated heterocycles. The van der Waals surface area contributed by atoms with Crippen LogP contribution in [-0.2, 0) is 10.3 Å². The molecule has 1 fully saturated rings. The van der Waals surface area contributed by atoms with E-state index in [1.54, 1.807) is 0 Å². The maximum absolute atomic E-state index is 6.65. The molecule has 2 unspecified atom stereocenters. The molecule has 6 heteroatoms. The smallest absolute Gasteiger partial charge is 0.247 e. The van der Waals surface area contributed by atoms with Crippen LogP contribution in [0.4, 0.5) is 0 Å². The summed E-state index contributed by atoms with van der Waals surface area (Å²) in [6.07, 6.45) is 0.792. The number of hydrogen-bond acceptors (Lipinski definition) is 5. The number of fused-ring (bicyclic) bond motifs is 1. The molecule has 138 valence electrons. The molecule has 5 nitrogen and oxygen atoms in total. The van der Waals surface area contributed by atoms with Gasteiger partial charge in [-0.2, -0.15) is 4.98 Å². The molecule has 0 bridgehead atoms. The number of nitrogens with two attached hydrogens (primary N) is 1. The van der Waals surface area contributed by atoms with E-state index in [1.807, 2.05) is 31.2 Å². The number of rotatable bonds is 4. The van der Waals surface area contributed by atoms with Gasteiger partial charge in [-0.1, -0.05) is 61.5 Å². The summed E-state index contributed by atoms with van der Waals surface area (Å²) in [6, 6.07) is 14.3. The van der Waals surface area contributed by atoms with E-state index in [0.29, 0.717) is 24.7 Å². The summed E-state index contributed by atoms with van der Waals surface area (Å²) in [4.78, 5) is 4.66. The van der Waals surface area contributed by atoms with E-state index in [0.717, 1.165) is 16.3 Å². The Bertz CT molecular complexity index is 919. The van der Waals surface area contributed by atoms with Crippen molar-refractivity contribution in [2.24, 2.45) is 11.1 Å². The zero-order chi connectivity index (χ0) is 17.7. The van der Waals surface area contributed by atoms with E-state index >= 15 is 0 Å². The topological polar surface area (TPSA) is 74.2 Å². The number of hydrogen-bond donors (Lipinski definition) is 1. The van der Waals surface area contributed by atoms with Gasteiger partial charge >= 0.3 is 0 Å². The Kier molecular flexibility index (Phi) is 4.82. The zero-order valence-corrected chi connectivity index (χ0v) is 16.0. The van der Waals surface area contributed by atoms with Gasteiger partial charge in [-0.3, -0.25) is 0 Å². The van der Waals surface area contributed by atoms with Crippen molar-refractivity contribution in [2.75, 3.05) is 6.61 Å². The van der Waals surface area contributed by atoms with Crippen LogP contribution in [-0.4, -0.2) is 22.9 Å². The highest BCUT2D eigenvalue weighted by atomic mass is 35.5. The van der Waals surface area contributed by atoms with Gasteiger partial charge in [0.15, 0.2) is 0 Å². The quantitative estimate of drug-likeness (QED) is 0.737. The maximum atomic E-state index is 6.65. The van der Waals surface area contributed by atoms with Crippen molar-refractivity contribution in [2.45, 2.75) is 38.8 Å². The molecule has 0 amide bonds. The molecular formula is C20H24ClN3O2. The van der Waals surface area contributed by atoms with Crippen molar-refractivity contribution in [1.29, 1.82) is 0 Å². The Balaban J connectivity index is 0.00000196. The highest BCUT2D eigenvalue weighted by Gasteiger charge is 2.62. The van der Waals surface area contributed by atoms with Crippen LogP contribution in [0.1, 0.15) is 33.1 Å². The van der Waals surface area contributed by atoms with Crippen LogP contribution in [0.5, 0.6) is 0 Å². The minimum atomic E-state index is -0.664. The van der Waals surface area contributed by atoms with E-state index < -0.39 is 5.54 Å². The number of nitrogens with zero attached hydrogens (tertiary/aromatic N) is 2. The molecule has 2 N–H and O–H groups in total. The van der Waals surface area contributed by atoms with Gasteiger partial charge in [-0.25, -0.2) is 0 Å². The predicted octanol–water partition coefficient (Wildman–Crippen LogP) is 4.30. The van der Waals surface area contributed by atoms with Gasteiger partial charge in [0.25, 0.3) is 0 Å². The Labute approximate surface area is 159 Å². The van der Waals surface area contributed by atoms with Crippen molar-refractivity contribution in [1.82, 2.24) is 10.1 Å². The molecule has 2 aromatic carbocycles. The second-order valence-corrected chi connectivity index (χ2v) is 7.29. The molecule has 2 atom stereocenters. The second kappa shape index (κ2) is 6.65. The minimum absolute atomic E-state index is 0. The second-order valence-electron chi connectivity index (χ2n) is 7.29. The Morgan fingerprint density at radius 2 is 1.92 bits per heavy atom. The molecule has 1 saturated carbocycles. The van der Waals surface area contributed by atoms with E-state index in [4.69, 9.17) is 15.0 Å². The van der Waals surface area contributed by atoms with Crippen molar-refractivity contribution in [3.63, 3.8) is 0 Å². The first kappa shape index (κ1) is 18.8. The lowest BCUT2D eigenvalue weighted by molar-refractivity contribution is -0.162. The normalized spacial score (nSPS) is 24.1. The molecule has 0 radical (unpaired) electrons. The summed E-state index contributed by atoms with van der Waals surface area (Å²) < 4.78 is 11.4. The van der Waals surface area contributed by atoms with Crippen molar-refractivity contribution >= 4 is 23.2 Å². The summed E-state index contributed by atoms with van der Waals surface area (Å²) in [5.74, 6) is 1.06. The molecule has 3 aromatic rings. The fourth-order valence-electron chi connectivity index (χ4n) is 3.73. The lowest BCUT2D eigenvalue weighted by Gasteiger charge is -2.56. The number of aromatic nitrogens is 2. The molecule has 0 spiro atoms. The maximum Gasteiger partial charge on any atom is 0.247 e. The highest BCUT2D eigenvalue weighted by Crippen LogP contribution is 2.55. The molecular weight excluding hydrogens is 350 g/mol. The molecule has 0 aliphatic heterocycles. The number of halogens is 1. The van der Waals surface area contributed by atoms with Crippen LogP contribution >= 0.6 is 12.4 Å². The van der Waals surface area contributed by atoms with E-state index in [2.05, 4.69) is 42.2 Å². The van der Waals surface area contributed by atoms with Crippen LogP contribution in [0.3, 0.4) is 0 Å². The van der Waals surface area contributed by atoms with Crippen LogP contribution in [0.25, 0.3) is 22.2 Å². The monoisotopic (exact) mass is 373 g/mol. The number of benzene rings is 2. The van der Waals surface area contributed by atoms with Crippen molar-refractivity contribution < 1.29 is 9.26 Å². The summed E-state index contributed by atoms with van der Waals surface area (Å²) in [5.41, 5.74) is 6.68. The van der Waals surface area contributed by atoms with Gasteiger partial charge in [0.05, 0.1) is 6.10 Å². The molecule has 1 aliphatic carbocycles. The standard InChI is InChI=1S/C20H23N3O2.ClH/c1-4-24-16-12-20(21,19(16,2)3)18-22-17(23-25-18)15-11-7-9-13-8-5-6-10-14(13)15;/h5-11,16H,4,12,21H2,1-3H3;1H. The van der Waals surface area contributed by atoms with Crippen LogP contribution in [0, 0.1) is 5.41 Å². The fraction of sp³-hybridized carbons (Fsp3) is 0.400. The highest BCUT2D eigenvalue weighted by molar-refractivity contribution is 5.94. The molecule has 1 aromatic heterocycles. The summed E-state index contributed by atoms with van der Waals surface area (Å²) >= 11 is 0. The molecule has 4 rings (SSSR count). The van der Waals surface area contributed by atoms with Gasteiger partial charge in [-0.15, -0.1) is 12.4 Å². The first-order valence-corrected chi connectivity index (χ1v) is 8.70. The Hall–Kier alpha value is -1.95. The summed E-state index contributed by atoms with van der Waals surface area (Å²) in [6.45, 7) is 6.87. The van der Waals surface area contributed by atoms with Crippen LogP contribution in [0.2, 0.25) is 0 Å². The Morgan fingerprint density at radius 1 is 1.19 bits per heavy atom. The third kappa shape index (κ3) is 2.62. The average molecular weight is 374 g/mol. The first-order valence-electron chi connectivity index (χ1n) is 8.70. The largest absolute Gasteiger partial charge is 0.378 e. The lowest BCUT2D eigenvalue weighted by Crippen LogP contribution is -2.67.